The van der Waals surface area contributed by atoms with Gasteiger partial charge in [-0.3, -0.25) is 9.59 Å². The summed E-state index contributed by atoms with van der Waals surface area (Å²) in [6.45, 7) is 20.7. The minimum Gasteiger partial charge on any atom is -0.444 e. The highest BCUT2D eigenvalue weighted by molar-refractivity contribution is 5.93. The predicted molar refractivity (Wildman–Crippen MR) is 156 cm³/mol. The van der Waals surface area contributed by atoms with Crippen LogP contribution in [0.15, 0.2) is 48.5 Å². The molecule has 214 valence electrons. The maximum absolute atomic E-state index is 14.6. The fourth-order valence-electron chi connectivity index (χ4n) is 4.40. The van der Waals surface area contributed by atoms with Crippen molar-refractivity contribution in [2.45, 2.75) is 111 Å². The quantitative estimate of drug-likeness (QED) is 0.452. The minimum atomic E-state index is -0.962. The summed E-state index contributed by atoms with van der Waals surface area (Å²) >= 11 is 0. The van der Waals surface area contributed by atoms with Gasteiger partial charge in [-0.25, -0.2) is 4.79 Å². The van der Waals surface area contributed by atoms with E-state index in [1.807, 2.05) is 104 Å². The van der Waals surface area contributed by atoms with Crippen LogP contribution in [0.2, 0.25) is 0 Å². The normalized spacial score (nSPS) is 13.7. The Hall–Kier alpha value is -3.35. The minimum absolute atomic E-state index is 0.242. The zero-order chi connectivity index (χ0) is 29.8. The van der Waals surface area contributed by atoms with E-state index in [1.165, 1.54) is 0 Å². The van der Waals surface area contributed by atoms with Crippen LogP contribution in [-0.4, -0.2) is 45.5 Å². The lowest BCUT2D eigenvalue weighted by Crippen LogP contribution is -2.60. The SMILES string of the molecule is Cc1ccc(C)c(C(C(=O)NC(C)(C)C)N(C(=O)C(Cc2ccccc2)NC(=O)OC(C)(C)C)C(C)(C)C)c1. The number of aryl methyl sites for hydroxylation is 2. The first-order valence-corrected chi connectivity index (χ1v) is 13.5. The van der Waals surface area contributed by atoms with Crippen LogP contribution in [0.25, 0.3) is 0 Å². The highest BCUT2D eigenvalue weighted by Gasteiger charge is 2.43. The molecule has 0 bridgehead atoms. The number of alkyl carbamates (subject to hydrolysis) is 1. The molecular formula is C32H47N3O4. The van der Waals surface area contributed by atoms with E-state index in [-0.39, 0.29) is 18.2 Å². The van der Waals surface area contributed by atoms with Gasteiger partial charge in [0.1, 0.15) is 17.7 Å². The molecule has 0 radical (unpaired) electrons. The van der Waals surface area contributed by atoms with Crippen LogP contribution >= 0.6 is 0 Å². The van der Waals surface area contributed by atoms with Gasteiger partial charge in [0, 0.05) is 17.5 Å². The molecular weight excluding hydrogens is 490 g/mol. The van der Waals surface area contributed by atoms with Crippen LogP contribution in [0, 0.1) is 13.8 Å². The number of hydrogen-bond acceptors (Lipinski definition) is 4. The monoisotopic (exact) mass is 537 g/mol. The van der Waals surface area contributed by atoms with Gasteiger partial charge in [-0.05, 0) is 92.9 Å². The average molecular weight is 538 g/mol. The Kier molecular flexibility index (Phi) is 9.99. The lowest BCUT2D eigenvalue weighted by Gasteiger charge is -2.44. The van der Waals surface area contributed by atoms with Crippen molar-refractivity contribution in [3.63, 3.8) is 0 Å². The van der Waals surface area contributed by atoms with Crippen LogP contribution in [0.1, 0.15) is 90.6 Å². The first-order valence-electron chi connectivity index (χ1n) is 13.5. The number of ether oxygens (including phenoxy) is 1. The lowest BCUT2D eigenvalue weighted by molar-refractivity contribution is -0.149. The smallest absolute Gasteiger partial charge is 0.408 e. The Morgan fingerprint density at radius 1 is 0.872 bits per heavy atom. The van der Waals surface area contributed by atoms with Crippen LogP contribution < -0.4 is 10.6 Å². The number of carbonyl (C=O) groups excluding carboxylic acids is 3. The fraction of sp³-hybridized carbons (Fsp3) is 0.531. The Labute approximate surface area is 234 Å². The number of amides is 3. The molecule has 39 heavy (non-hydrogen) atoms. The third kappa shape index (κ3) is 9.72. The van der Waals surface area contributed by atoms with E-state index in [2.05, 4.69) is 10.6 Å². The molecule has 0 aliphatic heterocycles. The summed E-state index contributed by atoms with van der Waals surface area (Å²) in [5.41, 5.74) is 1.49. The van der Waals surface area contributed by atoms with E-state index in [4.69, 9.17) is 4.74 Å². The molecule has 0 saturated heterocycles. The van der Waals surface area contributed by atoms with Crippen molar-refractivity contribution in [1.29, 1.82) is 0 Å². The maximum Gasteiger partial charge on any atom is 0.408 e. The molecule has 2 N–H and O–H groups in total. The highest BCUT2D eigenvalue weighted by Crippen LogP contribution is 2.33. The summed E-state index contributed by atoms with van der Waals surface area (Å²) in [5.74, 6) is -0.651. The number of nitrogens with zero attached hydrogens (tertiary/aromatic N) is 1. The number of carbonyl (C=O) groups is 3. The maximum atomic E-state index is 14.6. The van der Waals surface area contributed by atoms with Crippen molar-refractivity contribution in [2.24, 2.45) is 0 Å². The van der Waals surface area contributed by atoms with Gasteiger partial charge in [-0.2, -0.15) is 0 Å². The van der Waals surface area contributed by atoms with E-state index >= 15 is 0 Å². The molecule has 0 heterocycles. The van der Waals surface area contributed by atoms with Gasteiger partial charge in [-0.15, -0.1) is 0 Å². The fourth-order valence-corrected chi connectivity index (χ4v) is 4.40. The molecule has 0 aromatic heterocycles. The van der Waals surface area contributed by atoms with E-state index in [0.717, 1.165) is 22.3 Å². The summed E-state index contributed by atoms with van der Waals surface area (Å²) in [7, 11) is 0. The van der Waals surface area contributed by atoms with Gasteiger partial charge in [0.25, 0.3) is 0 Å². The molecule has 7 nitrogen and oxygen atoms in total. The summed E-state index contributed by atoms with van der Waals surface area (Å²) in [5, 5.41) is 5.90. The van der Waals surface area contributed by atoms with Gasteiger partial charge in [0.15, 0.2) is 0 Å². The Morgan fingerprint density at radius 3 is 1.97 bits per heavy atom. The van der Waals surface area contributed by atoms with Crippen LogP contribution in [0.5, 0.6) is 0 Å². The van der Waals surface area contributed by atoms with E-state index in [9.17, 15) is 14.4 Å². The second kappa shape index (κ2) is 12.2. The molecule has 2 atom stereocenters. The average Bonchev–Trinajstić information content (AvgIpc) is 2.75. The van der Waals surface area contributed by atoms with Crippen LogP contribution in [-0.2, 0) is 20.7 Å². The van der Waals surface area contributed by atoms with Crippen molar-refractivity contribution < 1.29 is 19.1 Å². The first-order chi connectivity index (χ1) is 17.8. The Bertz CT molecular complexity index is 1150. The van der Waals surface area contributed by atoms with Gasteiger partial charge in [-0.1, -0.05) is 54.1 Å². The molecule has 0 spiro atoms. The van der Waals surface area contributed by atoms with E-state index in [1.54, 1.807) is 25.7 Å². The van der Waals surface area contributed by atoms with Crippen molar-refractivity contribution in [1.82, 2.24) is 15.5 Å². The standard InChI is InChI=1S/C32H47N3O4/c1-21-17-18-22(2)24(19-21)26(27(36)34-30(3,4)5)35(31(6,7)8)28(37)25(20-23-15-13-12-14-16-23)33-29(38)39-32(9,10)11/h12-19,25-26H,20H2,1-11H3,(H,33,38)(H,34,36). The van der Waals surface area contributed by atoms with Crippen molar-refractivity contribution in [3.05, 3.63) is 70.8 Å². The molecule has 2 aromatic carbocycles. The van der Waals surface area contributed by atoms with E-state index in [0.29, 0.717) is 0 Å². The molecule has 2 unspecified atom stereocenters. The van der Waals surface area contributed by atoms with Crippen molar-refractivity contribution in [2.75, 3.05) is 0 Å². The van der Waals surface area contributed by atoms with Crippen LogP contribution in [0.4, 0.5) is 4.79 Å². The molecule has 0 aliphatic carbocycles. The summed E-state index contributed by atoms with van der Waals surface area (Å²) in [6, 6.07) is 13.5. The second-order valence-electron chi connectivity index (χ2n) is 13.3. The lowest BCUT2D eigenvalue weighted by atomic mass is 9.90. The highest BCUT2D eigenvalue weighted by atomic mass is 16.6. The summed E-state index contributed by atoms with van der Waals surface area (Å²) in [6.07, 6.45) is -0.445. The number of hydrogen-bond donors (Lipinski definition) is 2. The van der Waals surface area contributed by atoms with Crippen molar-refractivity contribution >= 4 is 17.9 Å². The second-order valence-corrected chi connectivity index (χ2v) is 13.3. The predicted octanol–water partition coefficient (Wildman–Crippen LogP) is 6.02. The molecule has 2 aromatic rings. The summed E-state index contributed by atoms with van der Waals surface area (Å²) < 4.78 is 5.51. The van der Waals surface area contributed by atoms with Gasteiger partial charge < -0.3 is 20.3 Å². The van der Waals surface area contributed by atoms with Crippen molar-refractivity contribution in [3.8, 4) is 0 Å². The zero-order valence-electron chi connectivity index (χ0n) is 25.6. The number of nitrogens with one attached hydrogen (secondary N) is 2. The van der Waals surface area contributed by atoms with Crippen LogP contribution in [0.3, 0.4) is 0 Å². The molecule has 3 amide bonds. The molecule has 7 heteroatoms. The Balaban J connectivity index is 2.68. The van der Waals surface area contributed by atoms with E-state index < -0.39 is 34.9 Å². The largest absolute Gasteiger partial charge is 0.444 e. The molecule has 0 fully saturated rings. The summed E-state index contributed by atoms with van der Waals surface area (Å²) in [4.78, 5) is 43.1. The third-order valence-electron chi connectivity index (χ3n) is 5.97. The third-order valence-corrected chi connectivity index (χ3v) is 5.97. The van der Waals surface area contributed by atoms with Gasteiger partial charge in [0.05, 0.1) is 0 Å². The molecule has 0 aliphatic rings. The van der Waals surface area contributed by atoms with Gasteiger partial charge in [0.2, 0.25) is 11.8 Å². The zero-order valence-corrected chi connectivity index (χ0v) is 25.6. The number of rotatable bonds is 7. The molecule has 2 rings (SSSR count). The number of benzene rings is 2. The topological polar surface area (TPSA) is 87.7 Å². The first kappa shape index (κ1) is 31.9. The molecule has 0 saturated carbocycles. The Morgan fingerprint density at radius 2 is 1.46 bits per heavy atom. The van der Waals surface area contributed by atoms with Gasteiger partial charge >= 0.3 is 6.09 Å².